The van der Waals surface area contributed by atoms with Gasteiger partial charge in [-0.15, -0.1) is 0 Å². The molecule has 2 aromatic carbocycles. The maximum absolute atomic E-state index is 14.3. The number of nitrogen functional groups attached to an aromatic ring is 1. The van der Waals surface area contributed by atoms with Crippen molar-refractivity contribution in [3.8, 4) is 0 Å². The van der Waals surface area contributed by atoms with Crippen LogP contribution in [0.15, 0.2) is 42.7 Å². The average Bonchev–Trinajstić information content (AvgIpc) is 3.22. The summed E-state index contributed by atoms with van der Waals surface area (Å²) < 4.78 is 54.4. The van der Waals surface area contributed by atoms with E-state index in [1.54, 1.807) is 0 Å². The molecule has 0 radical (unpaired) electrons. The van der Waals surface area contributed by atoms with Crippen molar-refractivity contribution in [1.29, 1.82) is 0 Å². The second kappa shape index (κ2) is 9.05. The van der Waals surface area contributed by atoms with Gasteiger partial charge in [-0.2, -0.15) is 18.3 Å². The van der Waals surface area contributed by atoms with Gasteiger partial charge in [0.1, 0.15) is 5.82 Å². The number of nitrogens with two attached hydrogens (primary N) is 1. The summed E-state index contributed by atoms with van der Waals surface area (Å²) in [6.45, 7) is -0.595. The predicted molar refractivity (Wildman–Crippen MR) is 114 cm³/mol. The lowest BCUT2D eigenvalue weighted by Gasteiger charge is -2.15. The second-order valence-corrected chi connectivity index (χ2v) is 7.49. The van der Waals surface area contributed by atoms with Gasteiger partial charge in [0, 0.05) is 17.7 Å². The number of ketones is 1. The lowest BCUT2D eigenvalue weighted by molar-refractivity contribution is -0.349. The van der Waals surface area contributed by atoms with Gasteiger partial charge < -0.3 is 16.2 Å². The van der Waals surface area contributed by atoms with Gasteiger partial charge in [0.15, 0.2) is 22.6 Å². The van der Waals surface area contributed by atoms with E-state index in [0.29, 0.717) is 12.1 Å². The van der Waals surface area contributed by atoms with Crippen LogP contribution in [0, 0.1) is 5.82 Å². The van der Waals surface area contributed by atoms with Crippen LogP contribution >= 0.6 is 0 Å². The number of carboxylic acids is 1. The smallest absolute Gasteiger partial charge is 0.419 e. The first-order valence-corrected chi connectivity index (χ1v) is 10.0. The molecule has 0 aliphatic rings. The van der Waals surface area contributed by atoms with Crippen LogP contribution in [0.4, 0.5) is 23.4 Å². The van der Waals surface area contributed by atoms with Crippen LogP contribution in [0.2, 0.25) is 0 Å². The first-order chi connectivity index (χ1) is 17.0. The van der Waals surface area contributed by atoms with E-state index in [2.05, 4.69) is 25.5 Å². The molecule has 6 N–H and O–H groups in total. The summed E-state index contributed by atoms with van der Waals surface area (Å²) in [5.74, 6) is -4.59. The monoisotopic (exact) mass is 503 g/mol. The summed E-state index contributed by atoms with van der Waals surface area (Å²) in [4.78, 5) is 43.3. The van der Waals surface area contributed by atoms with Gasteiger partial charge in [-0.3, -0.25) is 14.7 Å². The molecule has 2 heterocycles. The zero-order valence-electron chi connectivity index (χ0n) is 17.9. The number of aromatic carboxylic acids is 1. The van der Waals surface area contributed by atoms with Gasteiger partial charge in [-0.1, -0.05) is 12.1 Å². The molecule has 0 saturated heterocycles. The van der Waals surface area contributed by atoms with Crippen LogP contribution in [0.25, 0.3) is 11.0 Å². The zero-order valence-corrected chi connectivity index (χ0v) is 17.9. The lowest BCUT2D eigenvalue weighted by Crippen LogP contribution is -2.27. The van der Waals surface area contributed by atoms with Crippen LogP contribution in [-0.4, -0.2) is 37.9 Å². The molecule has 10 nitrogen and oxygen atoms in total. The summed E-state index contributed by atoms with van der Waals surface area (Å²) >= 11 is 0. The molecule has 0 aliphatic carbocycles. The van der Waals surface area contributed by atoms with E-state index in [9.17, 15) is 31.9 Å². The van der Waals surface area contributed by atoms with Gasteiger partial charge >= 0.3 is 12.1 Å². The molecule has 0 bridgehead atoms. The molecule has 0 aliphatic heterocycles. The Balaban J connectivity index is 1.70. The molecule has 4 rings (SSSR count). The third kappa shape index (κ3) is 4.55. The highest BCUT2D eigenvalue weighted by molar-refractivity contribution is 6.10. The largest absolute Gasteiger partial charge is 0.478 e. The number of carbonyl (C=O) groups excluding carboxylic acids is 2. The maximum atomic E-state index is 14.3. The highest BCUT2D eigenvalue weighted by Gasteiger charge is 2.36. The van der Waals surface area contributed by atoms with E-state index < -0.39 is 47.3 Å². The molecule has 36 heavy (non-hydrogen) atoms. The summed E-state index contributed by atoms with van der Waals surface area (Å²) in [6, 6.07) is 5.40. The molecule has 0 unspecified atom stereocenters. The predicted octanol–water partition coefficient (Wildman–Crippen LogP) is 2.37. The Bertz CT molecular complexity index is 1520. The molecular weight excluding hydrogens is 488 g/mol. The number of aromatic amines is 2. The number of halogens is 4. The summed E-state index contributed by atoms with van der Waals surface area (Å²) in [5, 5.41) is 17.6. The number of amides is 1. The standard InChI is InChI=1S/C22H14F4N6O4/c23-14-6-12(18(33)9-1-3-10(4-2-9)21(35)36)11(5-13(14)22(24,25)26)7-28-20(34)17-15-16(29-8-30-17)19(27)32-31-15/h1-6,8H,7H2,(H,28,34)(H,35,36)(H3,27,31,32)/p+1. The minimum absolute atomic E-state index is 0.0524. The minimum atomic E-state index is -5.07. The maximum Gasteiger partial charge on any atom is 0.419 e. The van der Waals surface area contributed by atoms with Crippen molar-refractivity contribution in [3.05, 3.63) is 82.1 Å². The molecule has 2 aromatic heterocycles. The Hall–Kier alpha value is -4.88. The first kappa shape index (κ1) is 24.3. The fraction of sp³-hybridized carbons (Fsp3) is 0.0909. The van der Waals surface area contributed by atoms with Crippen LogP contribution in [-0.2, 0) is 12.7 Å². The molecule has 184 valence electrons. The number of nitrogens with zero attached hydrogens (tertiary/aromatic N) is 2. The Labute approximate surface area is 198 Å². The molecule has 0 spiro atoms. The Morgan fingerprint density at radius 3 is 2.42 bits per heavy atom. The Morgan fingerprint density at radius 1 is 1.11 bits per heavy atom. The van der Waals surface area contributed by atoms with Gasteiger partial charge in [0.25, 0.3) is 17.9 Å². The number of alkyl halides is 3. The second-order valence-electron chi connectivity index (χ2n) is 7.49. The number of fused-ring (bicyclic) bond motifs is 1. The summed E-state index contributed by atoms with van der Waals surface area (Å²) in [6.07, 6.45) is -3.90. The van der Waals surface area contributed by atoms with Crippen LogP contribution in [0.5, 0.6) is 0 Å². The number of rotatable bonds is 6. The van der Waals surface area contributed by atoms with Crippen molar-refractivity contribution < 1.29 is 42.0 Å². The number of nitrogens with one attached hydrogen (secondary N) is 3. The number of H-pyrrole nitrogens is 2. The summed E-state index contributed by atoms with van der Waals surface area (Å²) in [5.41, 5.74) is 3.28. The van der Waals surface area contributed by atoms with Gasteiger partial charge in [-0.25, -0.2) is 14.2 Å². The topological polar surface area (TPSA) is 165 Å². The molecule has 14 heteroatoms. The normalized spacial score (nSPS) is 11.4. The molecule has 4 aromatic rings. The van der Waals surface area contributed by atoms with E-state index >= 15 is 0 Å². The van der Waals surface area contributed by atoms with Crippen molar-refractivity contribution in [2.75, 3.05) is 5.73 Å². The van der Waals surface area contributed by atoms with E-state index in [1.165, 1.54) is 6.33 Å². The van der Waals surface area contributed by atoms with Crippen LogP contribution < -0.4 is 16.0 Å². The van der Waals surface area contributed by atoms with E-state index in [-0.39, 0.29) is 39.2 Å². The summed E-state index contributed by atoms with van der Waals surface area (Å²) in [7, 11) is 0. The molecule has 1 amide bonds. The number of benzene rings is 2. The van der Waals surface area contributed by atoms with Gasteiger partial charge in [0.2, 0.25) is 0 Å². The third-order valence-corrected chi connectivity index (χ3v) is 5.23. The molecule has 0 atom stereocenters. The first-order valence-electron chi connectivity index (χ1n) is 10.0. The fourth-order valence-corrected chi connectivity index (χ4v) is 3.44. The number of carbonyl (C=O) groups is 3. The van der Waals surface area contributed by atoms with Crippen molar-refractivity contribution in [2.45, 2.75) is 12.7 Å². The zero-order chi connectivity index (χ0) is 26.2. The van der Waals surface area contributed by atoms with E-state index in [0.717, 1.165) is 24.3 Å². The molecular formula is C22H15F4N6O4+. The number of carboxylic acid groups (broad SMARTS) is 1. The van der Waals surface area contributed by atoms with E-state index in [4.69, 9.17) is 10.8 Å². The van der Waals surface area contributed by atoms with Crippen molar-refractivity contribution in [3.63, 3.8) is 0 Å². The Kier molecular flexibility index (Phi) is 6.10. The quantitative estimate of drug-likeness (QED) is 0.232. The molecule has 0 saturated carbocycles. The lowest BCUT2D eigenvalue weighted by atomic mass is 9.95. The van der Waals surface area contributed by atoms with Crippen LogP contribution in [0.1, 0.15) is 47.9 Å². The average molecular weight is 503 g/mol. The van der Waals surface area contributed by atoms with Gasteiger partial charge in [0.05, 0.1) is 11.1 Å². The molecule has 0 fully saturated rings. The van der Waals surface area contributed by atoms with E-state index in [1.807, 2.05) is 0 Å². The number of hydrogen-bond acceptors (Lipinski definition) is 6. The number of anilines is 1. The highest BCUT2D eigenvalue weighted by Crippen LogP contribution is 2.33. The van der Waals surface area contributed by atoms with Crippen LogP contribution in [0.3, 0.4) is 0 Å². The highest BCUT2D eigenvalue weighted by atomic mass is 19.4. The number of hydrogen-bond donors (Lipinski definition) is 4. The number of aromatic nitrogens is 4. The Morgan fingerprint density at radius 2 is 1.78 bits per heavy atom. The minimum Gasteiger partial charge on any atom is -0.478 e. The fourth-order valence-electron chi connectivity index (χ4n) is 3.44. The van der Waals surface area contributed by atoms with Crippen molar-refractivity contribution in [1.82, 2.24) is 20.5 Å². The SMILES string of the molecule is Nc1n[nH]c2c(C(=O)NCc3cc(C(F)(F)F)c(F)cc3C(=O)c3ccc(C(=O)O)cc3)nc[nH+]c12. The van der Waals surface area contributed by atoms with Crippen molar-refractivity contribution in [2.24, 2.45) is 0 Å². The third-order valence-electron chi connectivity index (χ3n) is 5.23. The van der Waals surface area contributed by atoms with Gasteiger partial charge in [-0.05, 0) is 34.8 Å². The van der Waals surface area contributed by atoms with Crippen molar-refractivity contribution >= 4 is 34.5 Å².